The summed E-state index contributed by atoms with van der Waals surface area (Å²) < 4.78 is 0. The van der Waals surface area contributed by atoms with E-state index in [1.165, 1.54) is 12.8 Å². The highest BCUT2D eigenvalue weighted by Crippen LogP contribution is 2.29. The minimum absolute atomic E-state index is 0.127. The van der Waals surface area contributed by atoms with E-state index in [2.05, 4.69) is 29.5 Å². The van der Waals surface area contributed by atoms with E-state index in [4.69, 9.17) is 0 Å². The second-order valence-electron chi connectivity index (χ2n) is 5.66. The van der Waals surface area contributed by atoms with Crippen LogP contribution in [0, 0.1) is 5.92 Å². The van der Waals surface area contributed by atoms with Crippen molar-refractivity contribution in [3.63, 3.8) is 0 Å². The lowest BCUT2D eigenvalue weighted by atomic mass is 9.91. The van der Waals surface area contributed by atoms with Gasteiger partial charge in [0, 0.05) is 6.54 Å². The van der Waals surface area contributed by atoms with Crippen LogP contribution in [0.3, 0.4) is 0 Å². The van der Waals surface area contributed by atoms with Crippen LogP contribution in [0.15, 0.2) is 4.99 Å². The Kier molecular flexibility index (Phi) is 3.69. The van der Waals surface area contributed by atoms with Gasteiger partial charge in [0.1, 0.15) is 5.54 Å². The van der Waals surface area contributed by atoms with Crippen molar-refractivity contribution in [1.29, 1.82) is 0 Å². The van der Waals surface area contributed by atoms with Crippen LogP contribution in [0.1, 0.15) is 52.4 Å². The fourth-order valence-corrected chi connectivity index (χ4v) is 2.58. The number of rotatable bonds is 2. The highest BCUT2D eigenvalue weighted by Gasteiger charge is 2.44. The molecular formula is C13H23N3O. The molecule has 0 aromatic heterocycles. The Morgan fingerprint density at radius 1 is 1.24 bits per heavy atom. The molecule has 2 N–H and O–H groups in total. The quantitative estimate of drug-likeness (QED) is 0.769. The summed E-state index contributed by atoms with van der Waals surface area (Å²) in [5.74, 6) is 1.33. The number of hydrogen-bond donors (Lipinski definition) is 2. The lowest BCUT2D eigenvalue weighted by Crippen LogP contribution is -2.46. The average Bonchev–Trinajstić information content (AvgIpc) is 2.48. The van der Waals surface area contributed by atoms with Crippen molar-refractivity contribution < 1.29 is 4.79 Å². The van der Waals surface area contributed by atoms with Crippen LogP contribution in [0.5, 0.6) is 0 Å². The fourth-order valence-electron chi connectivity index (χ4n) is 2.58. The van der Waals surface area contributed by atoms with Crippen molar-refractivity contribution in [3.05, 3.63) is 0 Å². The number of hydrogen-bond acceptors (Lipinski definition) is 2. The minimum atomic E-state index is -0.355. The molecule has 1 saturated heterocycles. The third-order valence-electron chi connectivity index (χ3n) is 3.60. The van der Waals surface area contributed by atoms with Crippen molar-refractivity contribution in [3.8, 4) is 0 Å². The molecule has 4 heteroatoms. The second-order valence-corrected chi connectivity index (χ2v) is 5.66. The summed E-state index contributed by atoms with van der Waals surface area (Å²) in [6.45, 7) is 5.02. The standard InChI is InChI=1S/C13H23N3O/c1-10(2)9-14-12-15-11(17)13(16-12)7-5-3-4-6-8-13/h10H,3-9H2,1-2H3,(H2,14,15,16,17). The minimum Gasteiger partial charge on any atom is -0.342 e. The van der Waals surface area contributed by atoms with Gasteiger partial charge >= 0.3 is 0 Å². The molecule has 2 fully saturated rings. The van der Waals surface area contributed by atoms with E-state index in [9.17, 15) is 4.79 Å². The fraction of sp³-hybridized carbons (Fsp3) is 0.846. The summed E-state index contributed by atoms with van der Waals surface area (Å²) in [6, 6.07) is 0. The van der Waals surface area contributed by atoms with Gasteiger partial charge in [0.25, 0.3) is 5.91 Å². The average molecular weight is 237 g/mol. The van der Waals surface area contributed by atoms with Crippen LogP contribution in [0.4, 0.5) is 0 Å². The molecule has 4 nitrogen and oxygen atoms in total. The number of carbonyl (C=O) groups is 1. The predicted octanol–water partition coefficient (Wildman–Crippen LogP) is 1.81. The third kappa shape index (κ3) is 2.79. The smallest absolute Gasteiger partial charge is 0.252 e. The number of nitrogens with one attached hydrogen (secondary N) is 2. The summed E-state index contributed by atoms with van der Waals surface area (Å²) in [4.78, 5) is 16.5. The van der Waals surface area contributed by atoms with Gasteiger partial charge in [-0.1, -0.05) is 39.5 Å². The highest BCUT2D eigenvalue weighted by atomic mass is 16.2. The van der Waals surface area contributed by atoms with Crippen LogP contribution in [0.2, 0.25) is 0 Å². The number of aliphatic imine (C=N–C) groups is 1. The van der Waals surface area contributed by atoms with Gasteiger partial charge in [-0.25, -0.2) is 0 Å². The van der Waals surface area contributed by atoms with E-state index in [0.29, 0.717) is 11.9 Å². The van der Waals surface area contributed by atoms with Gasteiger partial charge in [0.05, 0.1) is 0 Å². The maximum Gasteiger partial charge on any atom is 0.252 e. The predicted molar refractivity (Wildman–Crippen MR) is 68.9 cm³/mol. The summed E-state index contributed by atoms with van der Waals surface area (Å²) in [5, 5.41) is 6.24. The number of carbonyl (C=O) groups excluding carboxylic acids is 1. The van der Waals surface area contributed by atoms with E-state index in [1.807, 2.05) is 0 Å². The molecule has 1 spiro atoms. The first-order valence-electron chi connectivity index (χ1n) is 6.76. The lowest BCUT2D eigenvalue weighted by molar-refractivity contribution is -0.124. The van der Waals surface area contributed by atoms with Crippen molar-refractivity contribution in [2.45, 2.75) is 57.9 Å². The van der Waals surface area contributed by atoms with E-state index >= 15 is 0 Å². The number of amides is 1. The number of guanidine groups is 1. The van der Waals surface area contributed by atoms with Gasteiger partial charge in [-0.2, -0.15) is 0 Å². The molecule has 0 radical (unpaired) electrons. The van der Waals surface area contributed by atoms with Crippen molar-refractivity contribution >= 4 is 11.9 Å². The van der Waals surface area contributed by atoms with Crippen molar-refractivity contribution in [2.75, 3.05) is 6.54 Å². The van der Waals surface area contributed by atoms with Crippen LogP contribution < -0.4 is 10.6 Å². The molecule has 2 rings (SSSR count). The zero-order valence-corrected chi connectivity index (χ0v) is 10.9. The lowest BCUT2D eigenvalue weighted by Gasteiger charge is -2.24. The maximum atomic E-state index is 12.1. The first-order valence-corrected chi connectivity index (χ1v) is 6.76. The van der Waals surface area contributed by atoms with Crippen LogP contribution in [0.25, 0.3) is 0 Å². The Morgan fingerprint density at radius 2 is 1.88 bits per heavy atom. The number of nitrogens with zero attached hydrogens (tertiary/aromatic N) is 1. The Labute approximate surface area is 103 Å². The molecule has 1 aliphatic carbocycles. The monoisotopic (exact) mass is 237 g/mol. The van der Waals surface area contributed by atoms with E-state index in [0.717, 1.165) is 32.2 Å². The molecule has 0 atom stereocenters. The van der Waals surface area contributed by atoms with E-state index in [1.54, 1.807) is 0 Å². The normalized spacial score (nSPS) is 26.1. The topological polar surface area (TPSA) is 53.5 Å². The van der Waals surface area contributed by atoms with Crippen LogP contribution in [-0.4, -0.2) is 24.0 Å². The van der Waals surface area contributed by atoms with Crippen LogP contribution in [-0.2, 0) is 4.79 Å². The molecule has 17 heavy (non-hydrogen) atoms. The molecule has 1 saturated carbocycles. The van der Waals surface area contributed by atoms with Gasteiger partial charge in [0.2, 0.25) is 0 Å². The summed E-state index contributed by atoms with van der Waals surface area (Å²) in [6.07, 6.45) is 6.65. The van der Waals surface area contributed by atoms with Crippen molar-refractivity contribution in [1.82, 2.24) is 10.6 Å². The molecule has 1 aliphatic heterocycles. The SMILES string of the molecule is CC(C)CN=C1NC(=O)C2(CCCCCC2)N1. The Hall–Kier alpha value is -1.06. The van der Waals surface area contributed by atoms with Crippen LogP contribution >= 0.6 is 0 Å². The van der Waals surface area contributed by atoms with Gasteiger partial charge in [-0.15, -0.1) is 0 Å². The Balaban J connectivity index is 2.05. The molecule has 0 bridgehead atoms. The molecule has 1 heterocycles. The summed E-state index contributed by atoms with van der Waals surface area (Å²) >= 11 is 0. The summed E-state index contributed by atoms with van der Waals surface area (Å²) in [5.41, 5.74) is -0.355. The zero-order chi connectivity index (χ0) is 12.3. The zero-order valence-electron chi connectivity index (χ0n) is 10.9. The van der Waals surface area contributed by atoms with Crippen molar-refractivity contribution in [2.24, 2.45) is 10.9 Å². The molecular weight excluding hydrogens is 214 g/mol. The highest BCUT2D eigenvalue weighted by molar-refractivity contribution is 6.09. The van der Waals surface area contributed by atoms with Gasteiger partial charge in [-0.3, -0.25) is 15.1 Å². The molecule has 0 aromatic rings. The second kappa shape index (κ2) is 5.07. The van der Waals surface area contributed by atoms with Gasteiger partial charge in [0.15, 0.2) is 5.96 Å². The maximum absolute atomic E-state index is 12.1. The van der Waals surface area contributed by atoms with E-state index < -0.39 is 0 Å². The van der Waals surface area contributed by atoms with Gasteiger partial charge < -0.3 is 5.32 Å². The first kappa shape index (κ1) is 12.4. The van der Waals surface area contributed by atoms with Gasteiger partial charge in [-0.05, 0) is 18.8 Å². The Morgan fingerprint density at radius 3 is 2.47 bits per heavy atom. The molecule has 0 unspecified atom stereocenters. The Bertz CT molecular complexity index is 315. The molecule has 0 aromatic carbocycles. The third-order valence-corrected chi connectivity index (χ3v) is 3.60. The largest absolute Gasteiger partial charge is 0.342 e. The first-order chi connectivity index (χ1) is 8.12. The molecule has 96 valence electrons. The molecule has 2 aliphatic rings. The molecule has 1 amide bonds. The van der Waals surface area contributed by atoms with E-state index in [-0.39, 0.29) is 11.4 Å². The summed E-state index contributed by atoms with van der Waals surface area (Å²) in [7, 11) is 0.